The number of aldehydes is 1. The number of rotatable bonds is 6. The van der Waals surface area contributed by atoms with Crippen molar-refractivity contribution in [2.24, 2.45) is 0 Å². The van der Waals surface area contributed by atoms with Gasteiger partial charge < -0.3 is 14.6 Å². The van der Waals surface area contributed by atoms with Crippen LogP contribution in [0.1, 0.15) is 19.3 Å². The average molecular weight is 279 g/mol. The van der Waals surface area contributed by atoms with E-state index in [-0.39, 0.29) is 0 Å². The van der Waals surface area contributed by atoms with Crippen molar-refractivity contribution in [2.45, 2.75) is 24.2 Å². The van der Waals surface area contributed by atoms with Gasteiger partial charge in [-0.25, -0.2) is 4.98 Å². The van der Waals surface area contributed by atoms with E-state index >= 15 is 0 Å². The Morgan fingerprint density at radius 2 is 2.16 bits per heavy atom. The van der Waals surface area contributed by atoms with Crippen LogP contribution in [0.25, 0.3) is 0 Å². The lowest BCUT2D eigenvalue weighted by atomic mass is 10.3. The van der Waals surface area contributed by atoms with Crippen molar-refractivity contribution in [1.29, 1.82) is 0 Å². The maximum Gasteiger partial charge on any atom is 0.130 e. The molecule has 0 atom stereocenters. The molecule has 2 rings (SSSR count). The van der Waals surface area contributed by atoms with Gasteiger partial charge in [-0.15, -0.1) is 11.8 Å². The Balaban J connectivity index is 2.16. The molecule has 0 radical (unpaired) electrons. The Labute approximate surface area is 119 Å². The molecule has 1 saturated heterocycles. The fourth-order valence-electron chi connectivity index (χ4n) is 2.22. The number of pyridine rings is 1. The summed E-state index contributed by atoms with van der Waals surface area (Å²) in [5.74, 6) is 1.88. The molecule has 2 heterocycles. The van der Waals surface area contributed by atoms with Gasteiger partial charge in [-0.2, -0.15) is 0 Å². The van der Waals surface area contributed by atoms with Crippen LogP contribution in [0.3, 0.4) is 0 Å². The third kappa shape index (κ3) is 3.62. The van der Waals surface area contributed by atoms with E-state index < -0.39 is 0 Å². The minimum atomic E-state index is 0.589. The van der Waals surface area contributed by atoms with Gasteiger partial charge in [0.1, 0.15) is 12.1 Å². The minimum absolute atomic E-state index is 0.589. The van der Waals surface area contributed by atoms with E-state index in [1.807, 2.05) is 20.3 Å². The lowest BCUT2D eigenvalue weighted by Gasteiger charge is -2.22. The zero-order chi connectivity index (χ0) is 13.7. The van der Waals surface area contributed by atoms with Crippen molar-refractivity contribution < 1.29 is 4.79 Å². The molecule has 1 aliphatic heterocycles. The number of hydrogen-bond donors (Lipinski definition) is 0. The van der Waals surface area contributed by atoms with Gasteiger partial charge in [0, 0.05) is 56.5 Å². The Hall–Kier alpha value is -1.23. The van der Waals surface area contributed by atoms with E-state index in [0.29, 0.717) is 6.42 Å². The molecule has 0 N–H and O–H groups in total. The Morgan fingerprint density at radius 3 is 2.79 bits per heavy atom. The summed E-state index contributed by atoms with van der Waals surface area (Å²) in [5, 5.41) is 0. The fraction of sp³-hybridized carbons (Fsp3) is 0.571. The molecule has 1 aliphatic rings. The molecule has 1 aromatic heterocycles. The fourth-order valence-corrected chi connectivity index (χ4v) is 3.17. The number of thioether (sulfide) groups is 1. The number of anilines is 2. The minimum Gasteiger partial charge on any atom is -0.377 e. The molecule has 0 saturated carbocycles. The standard InChI is InChI=1S/C14H21N3OS/c1-16(2)12-10-14(17-6-3-4-7-17)15-11-13(12)19-9-5-8-18/h8,10-11H,3-7,9H2,1-2H3. The normalized spacial score (nSPS) is 14.7. The highest BCUT2D eigenvalue weighted by Gasteiger charge is 2.16. The van der Waals surface area contributed by atoms with Gasteiger partial charge in [0.15, 0.2) is 0 Å². The first-order valence-corrected chi connectivity index (χ1v) is 7.69. The van der Waals surface area contributed by atoms with Gasteiger partial charge in [0.25, 0.3) is 0 Å². The average Bonchev–Trinajstić information content (AvgIpc) is 2.93. The second-order valence-electron chi connectivity index (χ2n) is 4.90. The molecule has 0 amide bonds. The van der Waals surface area contributed by atoms with Crippen LogP contribution in [-0.2, 0) is 4.79 Å². The van der Waals surface area contributed by atoms with E-state index in [0.717, 1.165) is 35.8 Å². The first-order valence-electron chi connectivity index (χ1n) is 6.71. The highest BCUT2D eigenvalue weighted by molar-refractivity contribution is 7.99. The summed E-state index contributed by atoms with van der Waals surface area (Å²) in [7, 11) is 4.10. The van der Waals surface area contributed by atoms with E-state index in [9.17, 15) is 4.79 Å². The van der Waals surface area contributed by atoms with Crippen molar-refractivity contribution >= 4 is 29.6 Å². The third-order valence-corrected chi connectivity index (χ3v) is 4.30. The molecule has 104 valence electrons. The summed E-state index contributed by atoms with van der Waals surface area (Å²) in [5.41, 5.74) is 1.19. The monoisotopic (exact) mass is 279 g/mol. The summed E-state index contributed by atoms with van der Waals surface area (Å²) in [6.45, 7) is 2.22. The predicted molar refractivity (Wildman–Crippen MR) is 81.4 cm³/mol. The van der Waals surface area contributed by atoms with Crippen LogP contribution in [0.2, 0.25) is 0 Å². The van der Waals surface area contributed by atoms with Gasteiger partial charge in [-0.05, 0) is 12.8 Å². The summed E-state index contributed by atoms with van der Waals surface area (Å²) in [4.78, 5) is 20.6. The smallest absolute Gasteiger partial charge is 0.130 e. The predicted octanol–water partition coefficient (Wildman–Crippen LogP) is 2.43. The van der Waals surface area contributed by atoms with Crippen molar-refractivity contribution in [3.63, 3.8) is 0 Å². The topological polar surface area (TPSA) is 36.4 Å². The van der Waals surface area contributed by atoms with Gasteiger partial charge in [-0.3, -0.25) is 0 Å². The van der Waals surface area contributed by atoms with Crippen LogP contribution >= 0.6 is 11.8 Å². The molecule has 4 nitrogen and oxygen atoms in total. The van der Waals surface area contributed by atoms with Crippen LogP contribution in [0, 0.1) is 0 Å². The molecule has 0 aliphatic carbocycles. The Bertz CT molecular complexity index is 431. The van der Waals surface area contributed by atoms with E-state index in [2.05, 4.69) is 20.9 Å². The zero-order valence-electron chi connectivity index (χ0n) is 11.6. The highest BCUT2D eigenvalue weighted by Crippen LogP contribution is 2.32. The molecule has 1 aromatic rings. The number of nitrogens with zero attached hydrogens (tertiary/aromatic N) is 3. The lowest BCUT2D eigenvalue weighted by Crippen LogP contribution is -2.20. The summed E-state index contributed by atoms with van der Waals surface area (Å²) in [6, 6.07) is 2.16. The molecular formula is C14H21N3OS. The summed E-state index contributed by atoms with van der Waals surface area (Å²) in [6.07, 6.45) is 6.02. The molecule has 0 spiro atoms. The molecular weight excluding hydrogens is 258 g/mol. The second kappa shape index (κ2) is 6.80. The first kappa shape index (κ1) is 14.2. The Morgan fingerprint density at radius 1 is 1.42 bits per heavy atom. The van der Waals surface area contributed by atoms with Crippen LogP contribution in [0.15, 0.2) is 17.2 Å². The Kier molecular flexibility index (Phi) is 5.07. The third-order valence-electron chi connectivity index (χ3n) is 3.24. The maximum absolute atomic E-state index is 10.4. The van der Waals surface area contributed by atoms with Crippen LogP contribution in [0.4, 0.5) is 11.5 Å². The van der Waals surface area contributed by atoms with E-state index in [1.54, 1.807) is 11.8 Å². The molecule has 0 aromatic carbocycles. The quantitative estimate of drug-likeness (QED) is 0.454. The van der Waals surface area contributed by atoms with E-state index in [4.69, 9.17) is 0 Å². The summed E-state index contributed by atoms with van der Waals surface area (Å²) >= 11 is 1.70. The molecule has 5 heteroatoms. The van der Waals surface area contributed by atoms with Crippen molar-refractivity contribution in [1.82, 2.24) is 4.98 Å². The lowest BCUT2D eigenvalue weighted by molar-refractivity contribution is -0.107. The maximum atomic E-state index is 10.4. The molecule has 1 fully saturated rings. The van der Waals surface area contributed by atoms with Gasteiger partial charge in [-0.1, -0.05) is 0 Å². The van der Waals surface area contributed by atoms with Gasteiger partial charge >= 0.3 is 0 Å². The van der Waals surface area contributed by atoms with Crippen LogP contribution < -0.4 is 9.80 Å². The second-order valence-corrected chi connectivity index (χ2v) is 6.04. The van der Waals surface area contributed by atoms with Crippen molar-refractivity contribution in [3.8, 4) is 0 Å². The zero-order valence-corrected chi connectivity index (χ0v) is 12.4. The van der Waals surface area contributed by atoms with Crippen molar-refractivity contribution in [3.05, 3.63) is 12.3 Å². The largest absolute Gasteiger partial charge is 0.377 e. The number of hydrogen-bond acceptors (Lipinski definition) is 5. The number of aromatic nitrogens is 1. The first-order chi connectivity index (χ1) is 9.22. The summed E-state index contributed by atoms with van der Waals surface area (Å²) < 4.78 is 0. The molecule has 0 bridgehead atoms. The number of carbonyl (C=O) groups is 1. The van der Waals surface area contributed by atoms with Gasteiger partial charge in [0.2, 0.25) is 0 Å². The van der Waals surface area contributed by atoms with Crippen LogP contribution in [-0.4, -0.2) is 44.2 Å². The highest BCUT2D eigenvalue weighted by atomic mass is 32.2. The van der Waals surface area contributed by atoms with Gasteiger partial charge in [0.05, 0.1) is 5.69 Å². The van der Waals surface area contributed by atoms with E-state index in [1.165, 1.54) is 18.5 Å². The SMILES string of the molecule is CN(C)c1cc(N2CCCC2)ncc1SCCC=O. The number of carbonyl (C=O) groups excluding carboxylic acids is 1. The van der Waals surface area contributed by atoms with Crippen molar-refractivity contribution in [2.75, 3.05) is 42.7 Å². The molecule has 19 heavy (non-hydrogen) atoms. The molecule has 0 unspecified atom stereocenters. The van der Waals surface area contributed by atoms with Crippen LogP contribution in [0.5, 0.6) is 0 Å².